The number of aromatic nitrogens is 2. The molecule has 0 radical (unpaired) electrons. The summed E-state index contributed by atoms with van der Waals surface area (Å²) in [7, 11) is 1.30. The molecule has 0 atom stereocenters. The van der Waals surface area contributed by atoms with E-state index >= 15 is 0 Å². The zero-order valence-corrected chi connectivity index (χ0v) is 12.1. The molecule has 0 saturated heterocycles. The van der Waals surface area contributed by atoms with Gasteiger partial charge in [-0.05, 0) is 24.6 Å². The molecule has 0 saturated carbocycles. The highest BCUT2D eigenvalue weighted by molar-refractivity contribution is 6.29. The van der Waals surface area contributed by atoms with Crippen LogP contribution in [0.1, 0.15) is 26.4 Å². The van der Waals surface area contributed by atoms with Gasteiger partial charge in [0.25, 0.3) is 5.91 Å². The van der Waals surface area contributed by atoms with Crippen LogP contribution in [0.25, 0.3) is 0 Å². The van der Waals surface area contributed by atoms with Gasteiger partial charge in [-0.25, -0.2) is 14.8 Å². The minimum atomic E-state index is -0.463. The van der Waals surface area contributed by atoms with E-state index in [4.69, 9.17) is 11.6 Å². The molecular weight excluding hydrogens is 294 g/mol. The number of rotatable bonds is 3. The number of esters is 1. The number of ether oxygens (including phenoxy) is 1. The Bertz CT molecular complexity index is 686. The number of carbonyl (C=O) groups is 2. The van der Waals surface area contributed by atoms with Gasteiger partial charge < -0.3 is 10.1 Å². The number of hydrogen-bond acceptors (Lipinski definition) is 5. The molecule has 7 heteroatoms. The summed E-state index contributed by atoms with van der Waals surface area (Å²) in [5.74, 6) is -0.904. The van der Waals surface area contributed by atoms with Crippen molar-refractivity contribution in [3.05, 3.63) is 52.6 Å². The monoisotopic (exact) mass is 305 g/mol. The zero-order chi connectivity index (χ0) is 15.4. The fourth-order valence-corrected chi connectivity index (χ4v) is 1.82. The number of halogens is 1. The summed E-state index contributed by atoms with van der Waals surface area (Å²) < 4.78 is 4.69. The van der Waals surface area contributed by atoms with Crippen LogP contribution in [0.5, 0.6) is 0 Å². The first-order valence-electron chi connectivity index (χ1n) is 5.99. The Labute approximate surface area is 126 Å². The molecule has 0 unspecified atom stereocenters. The molecule has 1 aromatic heterocycles. The topological polar surface area (TPSA) is 81.2 Å². The third-order valence-corrected chi connectivity index (χ3v) is 3.04. The Morgan fingerprint density at radius 3 is 2.62 bits per heavy atom. The van der Waals surface area contributed by atoms with Crippen molar-refractivity contribution in [2.24, 2.45) is 0 Å². The van der Waals surface area contributed by atoms with Gasteiger partial charge >= 0.3 is 5.97 Å². The molecule has 0 spiro atoms. The number of nitrogens with one attached hydrogen (secondary N) is 1. The van der Waals surface area contributed by atoms with E-state index in [-0.39, 0.29) is 10.8 Å². The molecule has 0 aliphatic rings. The highest BCUT2D eigenvalue weighted by Crippen LogP contribution is 2.20. The normalized spacial score (nSPS) is 10.0. The first kappa shape index (κ1) is 14.9. The third kappa shape index (κ3) is 3.35. The molecular formula is C14H12ClN3O3. The van der Waals surface area contributed by atoms with Gasteiger partial charge in [0.2, 0.25) is 0 Å². The number of benzene rings is 1. The molecule has 0 bridgehead atoms. The van der Waals surface area contributed by atoms with Gasteiger partial charge in [-0.3, -0.25) is 4.79 Å². The lowest BCUT2D eigenvalue weighted by Gasteiger charge is -2.11. The lowest BCUT2D eigenvalue weighted by Crippen LogP contribution is -2.16. The number of nitrogens with zero attached hydrogens (tertiary/aromatic N) is 2. The van der Waals surface area contributed by atoms with Crippen LogP contribution in [-0.2, 0) is 4.74 Å². The van der Waals surface area contributed by atoms with Crippen molar-refractivity contribution in [1.82, 2.24) is 9.97 Å². The Kier molecular flexibility index (Phi) is 4.49. The van der Waals surface area contributed by atoms with Crippen LogP contribution < -0.4 is 5.32 Å². The number of amides is 1. The summed E-state index contributed by atoms with van der Waals surface area (Å²) in [5.41, 5.74) is 1.62. The first-order chi connectivity index (χ1) is 10.0. The summed E-state index contributed by atoms with van der Waals surface area (Å²) in [4.78, 5) is 31.3. The van der Waals surface area contributed by atoms with Gasteiger partial charge in [0.05, 0.1) is 25.1 Å². The van der Waals surface area contributed by atoms with Crippen molar-refractivity contribution in [1.29, 1.82) is 0 Å². The van der Waals surface area contributed by atoms with E-state index in [0.717, 1.165) is 0 Å². The Morgan fingerprint density at radius 1 is 1.24 bits per heavy atom. The molecule has 0 fully saturated rings. The van der Waals surface area contributed by atoms with Crippen LogP contribution in [0.3, 0.4) is 0 Å². The van der Waals surface area contributed by atoms with Gasteiger partial charge in [-0.2, -0.15) is 0 Å². The fourth-order valence-electron chi connectivity index (χ4n) is 1.72. The Hall–Kier alpha value is -2.47. The molecule has 21 heavy (non-hydrogen) atoms. The quantitative estimate of drug-likeness (QED) is 0.881. The van der Waals surface area contributed by atoms with E-state index in [0.29, 0.717) is 16.8 Å². The molecule has 108 valence electrons. The summed E-state index contributed by atoms with van der Waals surface area (Å²) in [6, 6.07) is 4.96. The number of methoxy groups -OCH3 is 1. The predicted molar refractivity (Wildman–Crippen MR) is 77.5 cm³/mol. The van der Waals surface area contributed by atoms with E-state index < -0.39 is 11.9 Å². The predicted octanol–water partition coefficient (Wildman–Crippen LogP) is 2.48. The lowest BCUT2D eigenvalue weighted by molar-refractivity contribution is 0.0599. The van der Waals surface area contributed by atoms with Crippen molar-refractivity contribution < 1.29 is 14.3 Å². The van der Waals surface area contributed by atoms with Crippen molar-refractivity contribution >= 4 is 29.2 Å². The molecule has 2 rings (SSSR count). The van der Waals surface area contributed by atoms with Crippen molar-refractivity contribution in [2.75, 3.05) is 12.4 Å². The van der Waals surface area contributed by atoms with Crippen molar-refractivity contribution in [3.8, 4) is 0 Å². The van der Waals surface area contributed by atoms with Crippen LogP contribution in [0.2, 0.25) is 5.15 Å². The first-order valence-corrected chi connectivity index (χ1v) is 6.37. The summed E-state index contributed by atoms with van der Waals surface area (Å²) in [5, 5.41) is 2.88. The summed E-state index contributed by atoms with van der Waals surface area (Å²) >= 11 is 5.62. The molecule has 2 aromatic rings. The SMILES string of the molecule is COC(=O)c1cccc(NC(=O)c2cnc(Cl)cn2)c1C. The molecule has 0 aliphatic carbocycles. The van der Waals surface area contributed by atoms with Crippen LogP contribution in [0, 0.1) is 6.92 Å². The maximum absolute atomic E-state index is 12.1. The number of anilines is 1. The highest BCUT2D eigenvalue weighted by atomic mass is 35.5. The number of carbonyl (C=O) groups excluding carboxylic acids is 2. The second-order valence-corrected chi connectivity index (χ2v) is 4.54. The van der Waals surface area contributed by atoms with E-state index in [1.807, 2.05) is 0 Å². The standard InChI is InChI=1S/C14H12ClN3O3/c1-8-9(14(20)21-2)4-3-5-10(8)18-13(19)11-6-17-12(15)7-16-11/h3-7H,1-2H3,(H,18,19). The van der Waals surface area contributed by atoms with E-state index in [9.17, 15) is 9.59 Å². The second-order valence-electron chi connectivity index (χ2n) is 4.15. The molecule has 1 aromatic carbocycles. The van der Waals surface area contributed by atoms with Crippen LogP contribution >= 0.6 is 11.6 Å². The molecule has 1 amide bonds. The van der Waals surface area contributed by atoms with Crippen LogP contribution in [-0.4, -0.2) is 29.0 Å². The van der Waals surface area contributed by atoms with Gasteiger partial charge in [0, 0.05) is 5.69 Å². The lowest BCUT2D eigenvalue weighted by atomic mass is 10.1. The Morgan fingerprint density at radius 2 is 2.00 bits per heavy atom. The van der Waals surface area contributed by atoms with Crippen molar-refractivity contribution in [3.63, 3.8) is 0 Å². The van der Waals surface area contributed by atoms with Gasteiger partial charge in [0.1, 0.15) is 10.8 Å². The van der Waals surface area contributed by atoms with Gasteiger partial charge in [-0.15, -0.1) is 0 Å². The average Bonchev–Trinajstić information content (AvgIpc) is 2.49. The van der Waals surface area contributed by atoms with Gasteiger partial charge in [-0.1, -0.05) is 17.7 Å². The van der Waals surface area contributed by atoms with E-state index in [1.165, 1.54) is 19.5 Å². The molecule has 0 aliphatic heterocycles. The van der Waals surface area contributed by atoms with Gasteiger partial charge in [0.15, 0.2) is 0 Å². The van der Waals surface area contributed by atoms with E-state index in [2.05, 4.69) is 20.0 Å². The maximum Gasteiger partial charge on any atom is 0.338 e. The maximum atomic E-state index is 12.1. The Balaban J connectivity index is 2.25. The molecule has 6 nitrogen and oxygen atoms in total. The zero-order valence-electron chi connectivity index (χ0n) is 11.4. The van der Waals surface area contributed by atoms with E-state index in [1.54, 1.807) is 25.1 Å². The number of hydrogen-bond donors (Lipinski definition) is 1. The van der Waals surface area contributed by atoms with Crippen molar-refractivity contribution in [2.45, 2.75) is 6.92 Å². The highest BCUT2D eigenvalue weighted by Gasteiger charge is 2.14. The smallest absolute Gasteiger partial charge is 0.338 e. The summed E-state index contributed by atoms with van der Waals surface area (Å²) in [6.07, 6.45) is 2.56. The van der Waals surface area contributed by atoms with Crippen LogP contribution in [0.4, 0.5) is 5.69 Å². The third-order valence-electron chi connectivity index (χ3n) is 2.84. The summed E-state index contributed by atoms with van der Waals surface area (Å²) in [6.45, 7) is 1.72. The minimum Gasteiger partial charge on any atom is -0.465 e. The minimum absolute atomic E-state index is 0.127. The second kappa shape index (κ2) is 6.32. The molecule has 1 heterocycles. The molecule has 1 N–H and O–H groups in total. The fraction of sp³-hybridized carbons (Fsp3) is 0.143. The largest absolute Gasteiger partial charge is 0.465 e. The van der Waals surface area contributed by atoms with Crippen LogP contribution in [0.15, 0.2) is 30.6 Å². The average molecular weight is 306 g/mol.